The smallest absolute Gasteiger partial charge is 0.416 e. The van der Waals surface area contributed by atoms with Crippen LogP contribution in [0, 0.1) is 5.92 Å². The molecule has 11 heteroatoms. The molecule has 3 rings (SSSR count). The van der Waals surface area contributed by atoms with E-state index >= 15 is 0 Å². The van der Waals surface area contributed by atoms with E-state index in [0.29, 0.717) is 17.7 Å². The molecule has 0 aliphatic heterocycles. The lowest BCUT2D eigenvalue weighted by molar-refractivity contribution is -0.138. The Hall–Kier alpha value is -3.34. The Morgan fingerprint density at radius 1 is 0.917 bits per heavy atom. The number of aromatic nitrogens is 1. The van der Waals surface area contributed by atoms with Gasteiger partial charge in [0.2, 0.25) is 5.89 Å². The van der Waals surface area contributed by atoms with Crippen molar-refractivity contribution in [2.75, 3.05) is 6.54 Å². The number of hydrogen-bond donors (Lipinski definition) is 1. The van der Waals surface area contributed by atoms with Crippen LogP contribution in [0.15, 0.2) is 59.2 Å². The van der Waals surface area contributed by atoms with Crippen molar-refractivity contribution < 1.29 is 35.6 Å². The quantitative estimate of drug-likeness (QED) is 0.341. The second kappa shape index (κ2) is 11.2. The molecule has 0 saturated carbocycles. The summed E-state index contributed by atoms with van der Waals surface area (Å²) in [6, 6.07) is 9.38. The highest BCUT2D eigenvalue weighted by Gasteiger charge is 2.31. The van der Waals surface area contributed by atoms with Gasteiger partial charge in [-0.15, -0.1) is 0 Å². The number of nitrogens with one attached hydrogen (secondary N) is 1. The predicted molar refractivity (Wildman–Crippen MR) is 120 cm³/mol. The molecule has 0 radical (unpaired) electrons. The molecule has 194 valence electrons. The summed E-state index contributed by atoms with van der Waals surface area (Å²) in [7, 11) is 0. The molecule has 0 saturated heterocycles. The fraction of sp³-hybridized carbons (Fsp3) is 0.360. The van der Waals surface area contributed by atoms with Gasteiger partial charge < -0.3 is 9.73 Å². The maximum atomic E-state index is 13.2. The number of benzene rings is 2. The molecule has 0 aliphatic rings. The molecule has 0 atom stereocenters. The van der Waals surface area contributed by atoms with Crippen LogP contribution in [0.4, 0.5) is 26.3 Å². The maximum Gasteiger partial charge on any atom is 0.416 e. The van der Waals surface area contributed by atoms with E-state index in [4.69, 9.17) is 4.42 Å². The van der Waals surface area contributed by atoms with Gasteiger partial charge in [-0.2, -0.15) is 26.3 Å². The summed E-state index contributed by atoms with van der Waals surface area (Å²) in [4.78, 5) is 18.0. The molecular weight excluding hydrogens is 488 g/mol. The third kappa shape index (κ3) is 7.84. The summed E-state index contributed by atoms with van der Waals surface area (Å²) < 4.78 is 84.4. The molecule has 0 fully saturated rings. The van der Waals surface area contributed by atoms with Crippen molar-refractivity contribution in [1.82, 2.24) is 15.2 Å². The van der Waals surface area contributed by atoms with Gasteiger partial charge in [-0.3, -0.25) is 9.69 Å². The predicted octanol–water partition coefficient (Wildman–Crippen LogP) is 6.30. The second-order valence-corrected chi connectivity index (χ2v) is 8.77. The summed E-state index contributed by atoms with van der Waals surface area (Å²) >= 11 is 0. The number of halogens is 6. The molecule has 2 aromatic carbocycles. The Balaban J connectivity index is 1.84. The Kier molecular flexibility index (Phi) is 8.44. The Morgan fingerprint density at radius 3 is 1.92 bits per heavy atom. The van der Waals surface area contributed by atoms with Gasteiger partial charge in [-0.25, -0.2) is 4.98 Å². The summed E-state index contributed by atoms with van der Waals surface area (Å²) in [5, 5.41) is 2.70. The van der Waals surface area contributed by atoms with E-state index in [1.807, 2.05) is 13.8 Å². The molecule has 0 aliphatic carbocycles. The molecule has 1 heterocycles. The molecule has 0 bridgehead atoms. The SMILES string of the molecule is CC(C)CNC(=O)c1coc(CN(Cc2cccc(C(F)(F)F)c2)Cc2cccc(C(F)(F)F)c2)n1. The number of carbonyl (C=O) groups is 1. The number of amides is 1. The third-order valence-electron chi connectivity index (χ3n) is 5.14. The summed E-state index contributed by atoms with van der Waals surface area (Å²) in [5.41, 5.74) is -1.03. The Bertz CT molecular complexity index is 1110. The Morgan fingerprint density at radius 2 is 1.44 bits per heavy atom. The van der Waals surface area contributed by atoms with E-state index in [0.717, 1.165) is 30.5 Å². The fourth-order valence-electron chi connectivity index (χ4n) is 3.44. The zero-order valence-electron chi connectivity index (χ0n) is 19.6. The first-order valence-corrected chi connectivity index (χ1v) is 11.1. The number of hydrogen-bond acceptors (Lipinski definition) is 4. The average Bonchev–Trinajstić information content (AvgIpc) is 3.25. The highest BCUT2D eigenvalue weighted by Crippen LogP contribution is 2.31. The second-order valence-electron chi connectivity index (χ2n) is 8.77. The lowest BCUT2D eigenvalue weighted by Crippen LogP contribution is -2.27. The van der Waals surface area contributed by atoms with Crippen LogP contribution in [-0.4, -0.2) is 22.3 Å². The average molecular weight is 513 g/mol. The molecule has 0 spiro atoms. The van der Waals surface area contributed by atoms with Gasteiger partial charge in [0.05, 0.1) is 17.7 Å². The minimum atomic E-state index is -4.54. The summed E-state index contributed by atoms with van der Waals surface area (Å²) in [5.74, 6) is -0.125. The van der Waals surface area contributed by atoms with Gasteiger partial charge in [-0.1, -0.05) is 50.2 Å². The topological polar surface area (TPSA) is 58.4 Å². The highest BCUT2D eigenvalue weighted by atomic mass is 19.4. The lowest BCUT2D eigenvalue weighted by Gasteiger charge is -2.22. The molecule has 1 N–H and O–H groups in total. The largest absolute Gasteiger partial charge is 0.447 e. The van der Waals surface area contributed by atoms with E-state index in [1.54, 1.807) is 4.90 Å². The lowest BCUT2D eigenvalue weighted by atomic mass is 10.1. The molecule has 1 amide bonds. The van der Waals surface area contributed by atoms with Crippen LogP contribution >= 0.6 is 0 Å². The first kappa shape index (κ1) is 27.3. The van der Waals surface area contributed by atoms with Crippen LogP contribution in [0.25, 0.3) is 0 Å². The Labute approximate surface area is 204 Å². The van der Waals surface area contributed by atoms with Crippen molar-refractivity contribution >= 4 is 5.91 Å². The standard InChI is InChI=1S/C25H25F6N3O2/c1-16(2)11-32-23(35)21-15-36-22(33-21)14-34(12-17-5-3-7-19(9-17)24(26,27)28)13-18-6-4-8-20(10-18)25(29,30)31/h3-10,15-16H,11-14H2,1-2H3,(H,32,35). The molecular formula is C25H25F6N3O2. The normalized spacial score (nSPS) is 12.4. The zero-order chi connectivity index (χ0) is 26.5. The van der Waals surface area contributed by atoms with Crippen molar-refractivity contribution in [3.8, 4) is 0 Å². The highest BCUT2D eigenvalue weighted by molar-refractivity contribution is 5.91. The van der Waals surface area contributed by atoms with Crippen molar-refractivity contribution in [3.63, 3.8) is 0 Å². The first-order chi connectivity index (χ1) is 16.8. The van der Waals surface area contributed by atoms with E-state index in [2.05, 4.69) is 10.3 Å². The molecule has 1 aromatic heterocycles. The van der Waals surface area contributed by atoms with Crippen molar-refractivity contribution in [3.05, 3.63) is 88.6 Å². The molecule has 0 unspecified atom stereocenters. The number of alkyl halides is 6. The van der Waals surface area contributed by atoms with Gasteiger partial charge in [0, 0.05) is 19.6 Å². The van der Waals surface area contributed by atoms with Crippen LogP contribution in [0.5, 0.6) is 0 Å². The van der Waals surface area contributed by atoms with Crippen LogP contribution in [0.3, 0.4) is 0 Å². The van der Waals surface area contributed by atoms with E-state index < -0.39 is 29.4 Å². The van der Waals surface area contributed by atoms with Crippen molar-refractivity contribution in [2.24, 2.45) is 5.92 Å². The molecule has 3 aromatic rings. The zero-order valence-corrected chi connectivity index (χ0v) is 19.6. The van der Waals surface area contributed by atoms with Crippen LogP contribution in [0.1, 0.15) is 52.5 Å². The van der Waals surface area contributed by atoms with Crippen LogP contribution in [-0.2, 0) is 32.0 Å². The van der Waals surface area contributed by atoms with Gasteiger partial charge >= 0.3 is 12.4 Å². The first-order valence-electron chi connectivity index (χ1n) is 11.1. The fourth-order valence-corrected chi connectivity index (χ4v) is 3.44. The van der Waals surface area contributed by atoms with E-state index in [-0.39, 0.29) is 37.1 Å². The number of carbonyl (C=O) groups excluding carboxylic acids is 1. The number of nitrogens with zero attached hydrogens (tertiary/aromatic N) is 2. The summed E-state index contributed by atoms with van der Waals surface area (Å²) in [6.07, 6.45) is -7.91. The van der Waals surface area contributed by atoms with Gasteiger partial charge in [-0.05, 0) is 29.2 Å². The van der Waals surface area contributed by atoms with Gasteiger partial charge in [0.15, 0.2) is 5.69 Å². The molecule has 5 nitrogen and oxygen atoms in total. The monoisotopic (exact) mass is 513 g/mol. The van der Waals surface area contributed by atoms with Gasteiger partial charge in [0.1, 0.15) is 6.26 Å². The van der Waals surface area contributed by atoms with Crippen molar-refractivity contribution in [1.29, 1.82) is 0 Å². The minimum absolute atomic E-state index is 0.0303. The van der Waals surface area contributed by atoms with Crippen LogP contribution < -0.4 is 5.32 Å². The van der Waals surface area contributed by atoms with E-state index in [9.17, 15) is 31.1 Å². The number of rotatable bonds is 9. The maximum absolute atomic E-state index is 13.2. The summed E-state index contributed by atoms with van der Waals surface area (Å²) in [6.45, 7) is 4.17. The van der Waals surface area contributed by atoms with Crippen LogP contribution in [0.2, 0.25) is 0 Å². The number of oxazole rings is 1. The molecule has 36 heavy (non-hydrogen) atoms. The van der Waals surface area contributed by atoms with Crippen molar-refractivity contribution in [2.45, 2.75) is 45.8 Å². The van der Waals surface area contributed by atoms with E-state index in [1.165, 1.54) is 24.3 Å². The van der Waals surface area contributed by atoms with Gasteiger partial charge in [0.25, 0.3) is 5.91 Å². The third-order valence-corrected chi connectivity index (χ3v) is 5.14. The minimum Gasteiger partial charge on any atom is -0.447 e.